The van der Waals surface area contributed by atoms with Gasteiger partial charge in [0.05, 0.1) is 0 Å². The Hall–Kier alpha value is -2.24. The summed E-state index contributed by atoms with van der Waals surface area (Å²) in [4.78, 5) is 15.6. The van der Waals surface area contributed by atoms with Gasteiger partial charge in [-0.25, -0.2) is 0 Å². The molecule has 0 aromatic heterocycles. The van der Waals surface area contributed by atoms with Crippen LogP contribution < -0.4 is 20.7 Å². The Bertz CT molecular complexity index is 503. The highest BCUT2D eigenvalue weighted by Gasteiger charge is 2.03. The Balaban J connectivity index is 2.45. The van der Waals surface area contributed by atoms with E-state index in [4.69, 9.17) is 4.74 Å². The number of hydrogen-bond acceptors (Lipinski definition) is 3. The molecule has 128 valence electrons. The zero-order valence-corrected chi connectivity index (χ0v) is 14.3. The highest BCUT2D eigenvalue weighted by atomic mass is 16.5. The minimum absolute atomic E-state index is 0.0327. The predicted molar refractivity (Wildman–Crippen MR) is 93.7 cm³/mol. The van der Waals surface area contributed by atoms with Crippen molar-refractivity contribution in [1.82, 2.24) is 16.0 Å². The van der Waals surface area contributed by atoms with Crippen molar-refractivity contribution in [2.45, 2.75) is 33.2 Å². The molecule has 1 rings (SSSR count). The number of carbonyl (C=O) groups is 1. The number of nitrogens with one attached hydrogen (secondary N) is 3. The fourth-order valence-electron chi connectivity index (χ4n) is 1.93. The van der Waals surface area contributed by atoms with Crippen LogP contribution in [0.4, 0.5) is 0 Å². The topological polar surface area (TPSA) is 74.8 Å². The van der Waals surface area contributed by atoms with Gasteiger partial charge in [-0.3, -0.25) is 9.79 Å². The number of aliphatic imine (C=N–C) groups is 1. The molecule has 0 saturated carbocycles. The molecule has 23 heavy (non-hydrogen) atoms. The van der Waals surface area contributed by atoms with Gasteiger partial charge in [-0.05, 0) is 31.0 Å². The lowest BCUT2D eigenvalue weighted by Gasteiger charge is -2.12. The maximum absolute atomic E-state index is 11.4. The van der Waals surface area contributed by atoms with Gasteiger partial charge in [0.1, 0.15) is 5.75 Å². The maximum atomic E-state index is 11.4. The molecule has 6 nitrogen and oxygen atoms in total. The minimum Gasteiger partial charge on any atom is -0.484 e. The van der Waals surface area contributed by atoms with E-state index in [1.807, 2.05) is 31.2 Å². The van der Waals surface area contributed by atoms with E-state index in [-0.39, 0.29) is 12.5 Å². The molecule has 0 radical (unpaired) electrons. The lowest BCUT2D eigenvalue weighted by atomic mass is 10.2. The Kier molecular flexibility index (Phi) is 9.28. The molecule has 0 heterocycles. The number of likely N-dealkylation sites (N-methyl/N-ethyl adjacent to an activating group) is 1. The van der Waals surface area contributed by atoms with E-state index >= 15 is 0 Å². The van der Waals surface area contributed by atoms with Gasteiger partial charge in [0.25, 0.3) is 5.91 Å². The van der Waals surface area contributed by atoms with E-state index < -0.39 is 0 Å². The van der Waals surface area contributed by atoms with Gasteiger partial charge in [0, 0.05) is 26.7 Å². The first-order chi connectivity index (χ1) is 11.2. The van der Waals surface area contributed by atoms with Gasteiger partial charge in [0.2, 0.25) is 0 Å². The van der Waals surface area contributed by atoms with E-state index in [0.717, 1.165) is 30.9 Å². The van der Waals surface area contributed by atoms with Crippen LogP contribution in [-0.2, 0) is 11.3 Å². The summed E-state index contributed by atoms with van der Waals surface area (Å²) >= 11 is 0. The number of rotatable bonds is 9. The van der Waals surface area contributed by atoms with Crippen molar-refractivity contribution in [3.05, 3.63) is 29.8 Å². The Morgan fingerprint density at radius 2 is 2.04 bits per heavy atom. The molecule has 1 aromatic rings. The highest BCUT2D eigenvalue weighted by molar-refractivity contribution is 5.79. The quantitative estimate of drug-likeness (QED) is 0.367. The fraction of sp³-hybridized carbons (Fsp3) is 0.529. The van der Waals surface area contributed by atoms with Gasteiger partial charge in [0.15, 0.2) is 12.6 Å². The molecule has 3 N–H and O–H groups in total. The predicted octanol–water partition coefficient (Wildman–Crippen LogP) is 1.67. The Morgan fingerprint density at radius 3 is 2.74 bits per heavy atom. The van der Waals surface area contributed by atoms with Crippen LogP contribution in [0.1, 0.15) is 32.3 Å². The first-order valence-electron chi connectivity index (χ1n) is 8.12. The zero-order chi connectivity index (χ0) is 16.9. The summed E-state index contributed by atoms with van der Waals surface area (Å²) in [5, 5.41) is 9.23. The normalized spacial score (nSPS) is 11.0. The smallest absolute Gasteiger partial charge is 0.257 e. The number of unbranched alkanes of at least 4 members (excludes halogenated alkanes) is 1. The average molecular weight is 320 g/mol. The lowest BCUT2D eigenvalue weighted by Crippen LogP contribution is -2.37. The van der Waals surface area contributed by atoms with E-state index in [0.29, 0.717) is 18.8 Å². The molecule has 0 atom stereocenters. The standard InChI is InChI=1S/C17H28N4O2/c1-4-6-10-20-17(18-3)21-12-14-8-7-9-15(11-14)23-13-16(22)19-5-2/h7-9,11H,4-6,10,12-13H2,1-3H3,(H,19,22)(H2,18,20,21). The van der Waals surface area contributed by atoms with Crippen LogP contribution in [0.3, 0.4) is 0 Å². The SMILES string of the molecule is CCCCNC(=NC)NCc1cccc(OCC(=O)NCC)c1. The monoisotopic (exact) mass is 320 g/mol. The molecule has 0 aliphatic heterocycles. The van der Waals surface area contributed by atoms with Crippen LogP contribution >= 0.6 is 0 Å². The van der Waals surface area contributed by atoms with Crippen LogP contribution in [0.5, 0.6) is 5.75 Å². The summed E-state index contributed by atoms with van der Waals surface area (Å²) in [6.45, 7) is 6.23. The number of carbonyl (C=O) groups excluding carboxylic acids is 1. The Morgan fingerprint density at radius 1 is 1.22 bits per heavy atom. The second-order valence-corrected chi connectivity index (χ2v) is 5.10. The van der Waals surface area contributed by atoms with E-state index in [9.17, 15) is 4.79 Å². The summed E-state index contributed by atoms with van der Waals surface area (Å²) in [5.74, 6) is 1.35. The summed E-state index contributed by atoms with van der Waals surface area (Å²) in [6.07, 6.45) is 2.26. The van der Waals surface area contributed by atoms with Crippen molar-refractivity contribution < 1.29 is 9.53 Å². The van der Waals surface area contributed by atoms with Crippen molar-refractivity contribution in [2.75, 3.05) is 26.7 Å². The number of benzene rings is 1. The molecular formula is C17H28N4O2. The van der Waals surface area contributed by atoms with Gasteiger partial charge in [-0.15, -0.1) is 0 Å². The lowest BCUT2D eigenvalue weighted by molar-refractivity contribution is -0.122. The molecule has 0 aliphatic carbocycles. The van der Waals surface area contributed by atoms with Crippen LogP contribution in [0.25, 0.3) is 0 Å². The van der Waals surface area contributed by atoms with Crippen LogP contribution in [0.15, 0.2) is 29.3 Å². The van der Waals surface area contributed by atoms with Crippen molar-refractivity contribution in [2.24, 2.45) is 4.99 Å². The number of ether oxygens (including phenoxy) is 1. The van der Waals surface area contributed by atoms with Crippen molar-refractivity contribution in [3.63, 3.8) is 0 Å². The van der Waals surface area contributed by atoms with Gasteiger partial charge in [-0.1, -0.05) is 25.5 Å². The van der Waals surface area contributed by atoms with Crippen molar-refractivity contribution >= 4 is 11.9 Å². The van der Waals surface area contributed by atoms with Crippen LogP contribution in [0.2, 0.25) is 0 Å². The fourth-order valence-corrected chi connectivity index (χ4v) is 1.93. The van der Waals surface area contributed by atoms with E-state index in [1.54, 1.807) is 7.05 Å². The zero-order valence-electron chi connectivity index (χ0n) is 14.3. The summed E-state index contributed by atoms with van der Waals surface area (Å²) in [7, 11) is 1.76. The first-order valence-corrected chi connectivity index (χ1v) is 8.12. The molecule has 0 aliphatic rings. The number of amides is 1. The molecule has 0 unspecified atom stereocenters. The van der Waals surface area contributed by atoms with Gasteiger partial charge >= 0.3 is 0 Å². The molecular weight excluding hydrogens is 292 g/mol. The Labute approximate surface area is 138 Å². The number of hydrogen-bond donors (Lipinski definition) is 3. The third kappa shape index (κ3) is 8.09. The van der Waals surface area contributed by atoms with Crippen LogP contribution in [0, 0.1) is 0 Å². The third-order valence-corrected chi connectivity index (χ3v) is 3.15. The maximum Gasteiger partial charge on any atom is 0.257 e. The van der Waals surface area contributed by atoms with Crippen LogP contribution in [-0.4, -0.2) is 38.6 Å². The molecule has 0 fully saturated rings. The second kappa shape index (κ2) is 11.3. The van der Waals surface area contributed by atoms with Gasteiger partial charge in [-0.2, -0.15) is 0 Å². The highest BCUT2D eigenvalue weighted by Crippen LogP contribution is 2.13. The van der Waals surface area contributed by atoms with E-state index in [2.05, 4.69) is 27.9 Å². The summed E-state index contributed by atoms with van der Waals surface area (Å²) < 4.78 is 5.49. The average Bonchev–Trinajstić information content (AvgIpc) is 2.57. The van der Waals surface area contributed by atoms with Crippen molar-refractivity contribution in [3.8, 4) is 5.75 Å². The minimum atomic E-state index is -0.114. The van der Waals surface area contributed by atoms with Gasteiger partial charge < -0.3 is 20.7 Å². The molecule has 0 spiro atoms. The van der Waals surface area contributed by atoms with E-state index in [1.165, 1.54) is 0 Å². The molecule has 1 amide bonds. The first kappa shape index (κ1) is 18.8. The number of nitrogens with zero attached hydrogens (tertiary/aromatic N) is 1. The third-order valence-electron chi connectivity index (χ3n) is 3.15. The molecule has 0 saturated heterocycles. The summed E-state index contributed by atoms with van der Waals surface area (Å²) in [5.41, 5.74) is 1.07. The largest absolute Gasteiger partial charge is 0.484 e. The molecule has 6 heteroatoms. The molecule has 0 bridgehead atoms. The molecule has 1 aromatic carbocycles. The number of guanidine groups is 1. The summed E-state index contributed by atoms with van der Waals surface area (Å²) in [6, 6.07) is 7.69. The second-order valence-electron chi connectivity index (χ2n) is 5.10. The van der Waals surface area contributed by atoms with Crippen molar-refractivity contribution in [1.29, 1.82) is 0 Å².